The summed E-state index contributed by atoms with van der Waals surface area (Å²) in [6.45, 7) is 2.63. The van der Waals surface area contributed by atoms with Crippen LogP contribution in [-0.4, -0.2) is 61.4 Å². The number of halogens is 5. The molecule has 2 N–H and O–H groups in total. The Kier molecular flexibility index (Phi) is 10.0. The van der Waals surface area contributed by atoms with Crippen LogP contribution >= 0.6 is 11.3 Å². The van der Waals surface area contributed by atoms with Crippen LogP contribution in [-0.2, 0) is 22.8 Å². The maximum Gasteiger partial charge on any atom is 0.433 e. The first-order valence-corrected chi connectivity index (χ1v) is 19.5. The van der Waals surface area contributed by atoms with Crippen molar-refractivity contribution in [1.29, 1.82) is 0 Å². The van der Waals surface area contributed by atoms with E-state index in [0.29, 0.717) is 21.7 Å². The predicted molar refractivity (Wildman–Crippen MR) is 198 cm³/mol. The van der Waals surface area contributed by atoms with Gasteiger partial charge in [-0.25, -0.2) is 23.5 Å². The van der Waals surface area contributed by atoms with Crippen molar-refractivity contribution in [2.45, 2.75) is 75.4 Å². The summed E-state index contributed by atoms with van der Waals surface area (Å²) in [6.07, 6.45) is 0.961. The number of nitrogens with one attached hydrogen (secondary N) is 2. The summed E-state index contributed by atoms with van der Waals surface area (Å²) < 4.78 is 72.9. The lowest BCUT2D eigenvalue weighted by Gasteiger charge is -2.36. The van der Waals surface area contributed by atoms with Gasteiger partial charge in [-0.3, -0.25) is 28.8 Å². The van der Waals surface area contributed by atoms with E-state index in [1.807, 2.05) is 0 Å². The topological polar surface area (TPSA) is 131 Å². The summed E-state index contributed by atoms with van der Waals surface area (Å²) >= 11 is 1.42. The number of hydrogen-bond donors (Lipinski definition) is 2. The zero-order chi connectivity index (χ0) is 39.5. The molecular weight excluding hydrogens is 758 g/mol. The van der Waals surface area contributed by atoms with E-state index >= 15 is 8.78 Å². The lowest BCUT2D eigenvalue weighted by atomic mass is 9.81. The van der Waals surface area contributed by atoms with E-state index in [2.05, 4.69) is 20.5 Å². The molecule has 0 radical (unpaired) electrons. The second kappa shape index (κ2) is 14.8. The van der Waals surface area contributed by atoms with Gasteiger partial charge in [0, 0.05) is 32.0 Å². The highest BCUT2D eigenvalue weighted by molar-refractivity contribution is 7.18. The normalized spacial score (nSPS) is 21.5. The highest BCUT2D eigenvalue weighted by Crippen LogP contribution is 2.41. The molecule has 1 saturated carbocycles. The zero-order valence-corrected chi connectivity index (χ0v) is 31.1. The number of fused-ring (bicyclic) bond motifs is 2. The average Bonchev–Trinajstić information content (AvgIpc) is 3.70. The molecule has 8 rings (SSSR count). The van der Waals surface area contributed by atoms with Gasteiger partial charge in [-0.2, -0.15) is 13.2 Å². The highest BCUT2D eigenvalue weighted by atomic mass is 32.1. The Hall–Kier alpha value is -5.03. The molecule has 1 atom stereocenters. The summed E-state index contributed by atoms with van der Waals surface area (Å²) in [5.74, 6) is -2.51. The summed E-state index contributed by atoms with van der Waals surface area (Å²) in [4.78, 5) is 61.0. The Morgan fingerprint density at radius 2 is 1.66 bits per heavy atom. The number of amides is 3. The largest absolute Gasteiger partial charge is 0.433 e. The van der Waals surface area contributed by atoms with Gasteiger partial charge in [0.2, 0.25) is 11.8 Å². The molecule has 0 bridgehead atoms. The zero-order valence-electron chi connectivity index (χ0n) is 30.3. The van der Waals surface area contributed by atoms with Gasteiger partial charge in [0.1, 0.15) is 34.6 Å². The number of rotatable bonds is 7. The number of carbonyl (C=O) groups excluding carboxylic acids is 3. The number of pyridine rings is 1. The van der Waals surface area contributed by atoms with Crippen molar-refractivity contribution in [1.82, 2.24) is 29.3 Å². The lowest BCUT2D eigenvalue weighted by Crippen LogP contribution is -2.44. The van der Waals surface area contributed by atoms with E-state index in [0.717, 1.165) is 86.9 Å². The van der Waals surface area contributed by atoms with Crippen molar-refractivity contribution in [3.63, 3.8) is 0 Å². The van der Waals surface area contributed by atoms with Crippen LogP contribution in [0.25, 0.3) is 21.3 Å². The fourth-order valence-corrected chi connectivity index (χ4v) is 9.74. The lowest BCUT2D eigenvalue weighted by molar-refractivity contribution is -0.141. The molecule has 17 heteroatoms. The van der Waals surface area contributed by atoms with Gasteiger partial charge in [-0.05, 0) is 99.7 Å². The number of alkyl halides is 3. The maximum atomic E-state index is 15.4. The number of imide groups is 1. The van der Waals surface area contributed by atoms with Crippen LogP contribution in [0, 0.1) is 17.6 Å². The Labute approximate surface area is 320 Å². The predicted octanol–water partition coefficient (Wildman–Crippen LogP) is 7.03. The number of anilines is 1. The molecule has 3 amide bonds. The number of imidazole rings is 1. The van der Waals surface area contributed by atoms with Gasteiger partial charge in [0.25, 0.3) is 5.91 Å². The number of aryl methyl sites for hydroxylation is 1. The first kappa shape index (κ1) is 37.9. The van der Waals surface area contributed by atoms with Crippen LogP contribution in [0.1, 0.15) is 96.0 Å². The maximum absolute atomic E-state index is 15.4. The van der Waals surface area contributed by atoms with E-state index in [1.54, 1.807) is 13.1 Å². The third-order valence-electron chi connectivity index (χ3n) is 11.5. The number of likely N-dealkylation sites (tertiary alicyclic amines) is 1. The van der Waals surface area contributed by atoms with Gasteiger partial charge in [0.15, 0.2) is 0 Å². The van der Waals surface area contributed by atoms with Crippen LogP contribution in [0.5, 0.6) is 0 Å². The Bertz CT molecular complexity index is 2430. The van der Waals surface area contributed by atoms with Crippen molar-refractivity contribution in [3.05, 3.63) is 86.5 Å². The van der Waals surface area contributed by atoms with Crippen LogP contribution in [0.2, 0.25) is 0 Å². The minimum atomic E-state index is -4.72. The SMILES string of the molecule is Cn1c(=O)n(C2CCC(=O)NC2=O)c2c(F)ccc(C3CCN(CC4CCC(c5nc6cc(F)c(NC(=O)c7cccc(C(F)(F)F)n7)cc6s5)CC4)CC3)c21. The van der Waals surface area contributed by atoms with Crippen LogP contribution in [0.15, 0.2) is 47.3 Å². The van der Waals surface area contributed by atoms with Crippen molar-refractivity contribution in [2.24, 2.45) is 13.0 Å². The Morgan fingerprint density at radius 1 is 0.911 bits per heavy atom. The van der Waals surface area contributed by atoms with Crippen LogP contribution in [0.4, 0.5) is 27.6 Å². The van der Waals surface area contributed by atoms with Gasteiger partial charge >= 0.3 is 11.9 Å². The smallest absolute Gasteiger partial charge is 0.318 e. The fourth-order valence-electron chi connectivity index (χ4n) is 8.58. The molecule has 1 unspecified atom stereocenters. The second-order valence-electron chi connectivity index (χ2n) is 15.0. The molecule has 2 aromatic carbocycles. The third kappa shape index (κ3) is 7.22. The number of hydrogen-bond acceptors (Lipinski definition) is 8. The second-order valence-corrected chi connectivity index (χ2v) is 16.1. The quantitative estimate of drug-likeness (QED) is 0.134. The molecule has 5 heterocycles. The van der Waals surface area contributed by atoms with Crippen LogP contribution in [0.3, 0.4) is 0 Å². The number of nitrogens with zero attached hydrogens (tertiary/aromatic N) is 5. The molecule has 56 heavy (non-hydrogen) atoms. The summed E-state index contributed by atoms with van der Waals surface area (Å²) in [5.41, 5.74) is -0.430. The van der Waals surface area contributed by atoms with Gasteiger partial charge in [0.05, 0.1) is 26.4 Å². The third-order valence-corrected chi connectivity index (χ3v) is 12.7. The van der Waals surface area contributed by atoms with Crippen molar-refractivity contribution < 1.29 is 36.3 Å². The van der Waals surface area contributed by atoms with Crippen molar-refractivity contribution in [3.8, 4) is 0 Å². The number of benzene rings is 2. The Morgan fingerprint density at radius 3 is 2.38 bits per heavy atom. The number of piperidine rings is 2. The van der Waals surface area contributed by atoms with Gasteiger partial charge < -0.3 is 10.2 Å². The van der Waals surface area contributed by atoms with Crippen molar-refractivity contribution in [2.75, 3.05) is 25.0 Å². The number of aromatic nitrogens is 4. The molecule has 3 fully saturated rings. The van der Waals surface area contributed by atoms with Gasteiger partial charge in [-0.15, -0.1) is 11.3 Å². The first-order chi connectivity index (χ1) is 26.7. The number of thiazole rings is 1. The summed E-state index contributed by atoms with van der Waals surface area (Å²) in [7, 11) is 1.59. The van der Waals surface area contributed by atoms with E-state index in [4.69, 9.17) is 4.98 Å². The molecule has 294 valence electrons. The minimum absolute atomic E-state index is 0.0741. The fraction of sp³-hybridized carbons (Fsp3) is 0.436. The number of carbonyl (C=O) groups is 3. The molecule has 5 aromatic rings. The van der Waals surface area contributed by atoms with Crippen molar-refractivity contribution >= 4 is 56.0 Å². The molecule has 1 aliphatic carbocycles. The van der Waals surface area contributed by atoms with Gasteiger partial charge in [-0.1, -0.05) is 12.1 Å². The summed E-state index contributed by atoms with van der Waals surface area (Å²) in [5, 5.41) is 5.51. The standard InChI is InChI=1S/C39H38F5N7O4S/c1-49-33-23(9-10-24(40)34(33)51(38(49)55)29-11-12-32(52)48-36(29)54)21-13-15-50(16-14-21)19-20-5-7-22(8-6-20)37-47-28-17-25(41)27(18-30(28)56-37)46-35(53)26-3-2-4-31(45-26)39(42,43)44/h2-4,9-10,17-18,20-22,29H,5-8,11-16,19H2,1H3,(H,46,53)(H,48,52,54). The first-order valence-electron chi connectivity index (χ1n) is 18.7. The monoisotopic (exact) mass is 795 g/mol. The molecule has 2 aliphatic heterocycles. The highest BCUT2D eigenvalue weighted by Gasteiger charge is 2.35. The molecule has 2 saturated heterocycles. The minimum Gasteiger partial charge on any atom is -0.318 e. The average molecular weight is 796 g/mol. The van der Waals surface area contributed by atoms with Crippen LogP contribution < -0.4 is 16.3 Å². The summed E-state index contributed by atoms with van der Waals surface area (Å²) in [6, 6.07) is 7.80. The van der Waals surface area contributed by atoms with E-state index < -0.39 is 58.7 Å². The molecule has 11 nitrogen and oxygen atoms in total. The molecule has 0 spiro atoms. The Balaban J connectivity index is 0.877. The van der Waals surface area contributed by atoms with E-state index in [9.17, 15) is 32.3 Å². The van der Waals surface area contributed by atoms with E-state index in [-0.39, 0.29) is 35.9 Å². The molecule has 3 aromatic heterocycles. The van der Waals surface area contributed by atoms with E-state index in [1.165, 1.54) is 38.7 Å². The molecular formula is C39H38F5N7O4S. The molecule has 3 aliphatic rings.